The molecule has 2 aliphatic heterocycles. The van der Waals surface area contributed by atoms with E-state index in [2.05, 4.69) is 50.1 Å². The number of aromatic nitrogens is 3. The van der Waals surface area contributed by atoms with Crippen LogP contribution in [0.25, 0.3) is 11.0 Å². The Morgan fingerprint density at radius 2 is 1.93 bits per heavy atom. The smallest absolute Gasteiger partial charge is 0.275 e. The zero-order chi connectivity index (χ0) is 20.7. The number of hydrogen-bond donors (Lipinski definition) is 0. The third-order valence-corrected chi connectivity index (χ3v) is 7.12. The van der Waals surface area contributed by atoms with Gasteiger partial charge in [0.1, 0.15) is 11.3 Å². The fraction of sp³-hybridized carbons (Fsp3) is 0.435. The number of likely N-dealkylation sites (tertiary alicyclic amines) is 1. The highest BCUT2D eigenvalue weighted by atomic mass is 32.2. The predicted octanol–water partition coefficient (Wildman–Crippen LogP) is 3.01. The van der Waals surface area contributed by atoms with Gasteiger partial charge in [-0.1, -0.05) is 42.1 Å². The summed E-state index contributed by atoms with van der Waals surface area (Å²) < 4.78 is 1.68. The van der Waals surface area contributed by atoms with Gasteiger partial charge in [0, 0.05) is 51.4 Å². The molecule has 156 valence electrons. The molecule has 3 aromatic rings. The number of nitrogens with zero attached hydrogens (tertiary/aromatic N) is 5. The summed E-state index contributed by atoms with van der Waals surface area (Å²) in [5, 5.41) is 1.61. The standard InChI is InChI=1S/C23H27N5OS/c1-26-21-18(11-24-23(25-21)30-2)10-20(22(26)29)28-9-8-17-13-27(14-19(17)15-28)12-16-6-4-3-5-7-16/h3-7,10-11,17,19H,8-9,12-15H2,1-2H3. The lowest BCUT2D eigenvalue weighted by atomic mass is 9.88. The third kappa shape index (κ3) is 3.61. The highest BCUT2D eigenvalue weighted by molar-refractivity contribution is 7.98. The van der Waals surface area contributed by atoms with Gasteiger partial charge in [0.15, 0.2) is 5.16 Å². The van der Waals surface area contributed by atoms with Crippen molar-refractivity contribution in [2.75, 3.05) is 37.3 Å². The van der Waals surface area contributed by atoms with Gasteiger partial charge in [-0.3, -0.25) is 14.3 Å². The van der Waals surface area contributed by atoms with Gasteiger partial charge in [0.25, 0.3) is 5.56 Å². The first kappa shape index (κ1) is 19.6. The third-order valence-electron chi connectivity index (χ3n) is 6.56. The summed E-state index contributed by atoms with van der Waals surface area (Å²) in [5.41, 5.74) is 2.89. The summed E-state index contributed by atoms with van der Waals surface area (Å²) in [6.07, 6.45) is 4.92. The molecule has 0 spiro atoms. The highest BCUT2D eigenvalue weighted by Crippen LogP contribution is 2.33. The number of thioether (sulfide) groups is 1. The topological polar surface area (TPSA) is 54.3 Å². The van der Waals surface area contributed by atoms with Crippen molar-refractivity contribution in [1.82, 2.24) is 19.4 Å². The molecule has 2 aromatic heterocycles. The monoisotopic (exact) mass is 421 g/mol. The Labute approximate surface area is 180 Å². The van der Waals surface area contributed by atoms with Gasteiger partial charge in [-0.05, 0) is 36.1 Å². The summed E-state index contributed by atoms with van der Waals surface area (Å²) in [6, 6.07) is 12.7. The van der Waals surface area contributed by atoms with Gasteiger partial charge >= 0.3 is 0 Å². The number of fused-ring (bicyclic) bond motifs is 2. The van der Waals surface area contributed by atoms with E-state index >= 15 is 0 Å². The molecule has 0 N–H and O–H groups in total. The fourth-order valence-electron chi connectivity index (χ4n) is 4.99. The Morgan fingerprint density at radius 3 is 2.73 bits per heavy atom. The second-order valence-corrected chi connectivity index (χ2v) is 9.24. The van der Waals surface area contributed by atoms with E-state index in [4.69, 9.17) is 0 Å². The van der Waals surface area contributed by atoms with Gasteiger partial charge in [-0.2, -0.15) is 0 Å². The molecule has 2 unspecified atom stereocenters. The number of pyridine rings is 1. The van der Waals surface area contributed by atoms with Crippen LogP contribution in [0.3, 0.4) is 0 Å². The molecule has 1 aromatic carbocycles. The Morgan fingerprint density at radius 1 is 1.13 bits per heavy atom. The van der Waals surface area contributed by atoms with Crippen molar-refractivity contribution >= 4 is 28.5 Å². The van der Waals surface area contributed by atoms with E-state index in [1.165, 1.54) is 17.3 Å². The van der Waals surface area contributed by atoms with Gasteiger partial charge in [-0.15, -0.1) is 0 Å². The van der Waals surface area contributed by atoms with E-state index in [9.17, 15) is 4.79 Å². The minimum atomic E-state index is 0.0332. The fourth-order valence-corrected chi connectivity index (χ4v) is 5.33. The van der Waals surface area contributed by atoms with Crippen molar-refractivity contribution in [2.45, 2.75) is 18.1 Å². The van der Waals surface area contributed by atoms with E-state index < -0.39 is 0 Å². The molecule has 2 fully saturated rings. The van der Waals surface area contributed by atoms with E-state index in [-0.39, 0.29) is 5.56 Å². The molecule has 2 saturated heterocycles. The number of aryl methyl sites for hydroxylation is 1. The summed E-state index contributed by atoms with van der Waals surface area (Å²) in [6.45, 7) is 5.16. The zero-order valence-electron chi connectivity index (χ0n) is 17.5. The molecule has 7 heteroatoms. The lowest BCUT2D eigenvalue weighted by Crippen LogP contribution is -2.43. The minimum Gasteiger partial charge on any atom is -0.367 e. The first-order valence-corrected chi connectivity index (χ1v) is 11.8. The average Bonchev–Trinajstić information content (AvgIpc) is 3.18. The maximum absolute atomic E-state index is 13.1. The van der Waals surface area contributed by atoms with Crippen LogP contribution in [0, 0.1) is 11.8 Å². The van der Waals surface area contributed by atoms with Crippen LogP contribution in [0.1, 0.15) is 12.0 Å². The first-order valence-electron chi connectivity index (χ1n) is 10.5. The Balaban J connectivity index is 1.36. The van der Waals surface area contributed by atoms with Crippen LogP contribution in [0.4, 0.5) is 5.69 Å². The van der Waals surface area contributed by atoms with Crippen molar-refractivity contribution in [3.63, 3.8) is 0 Å². The first-order chi connectivity index (χ1) is 14.6. The summed E-state index contributed by atoms with van der Waals surface area (Å²) in [5.74, 6) is 1.33. The van der Waals surface area contributed by atoms with Crippen LogP contribution in [-0.4, -0.2) is 51.9 Å². The van der Waals surface area contributed by atoms with Crippen LogP contribution < -0.4 is 10.5 Å². The Kier molecular flexibility index (Phi) is 5.25. The van der Waals surface area contributed by atoms with Crippen molar-refractivity contribution in [3.8, 4) is 0 Å². The number of piperidine rings is 1. The lowest BCUT2D eigenvalue weighted by Gasteiger charge is -2.35. The normalized spacial score (nSPS) is 21.9. The van der Waals surface area contributed by atoms with Gasteiger partial charge in [-0.25, -0.2) is 9.97 Å². The van der Waals surface area contributed by atoms with Crippen molar-refractivity contribution < 1.29 is 0 Å². The summed E-state index contributed by atoms with van der Waals surface area (Å²) in [4.78, 5) is 26.9. The number of hydrogen-bond acceptors (Lipinski definition) is 6. The summed E-state index contributed by atoms with van der Waals surface area (Å²) >= 11 is 1.49. The SMILES string of the molecule is CSc1ncc2cc(N3CCC4CN(Cc5ccccc5)CC4C3)c(=O)n(C)c2n1. The molecule has 2 aliphatic rings. The molecule has 0 saturated carbocycles. The highest BCUT2D eigenvalue weighted by Gasteiger charge is 2.37. The Hall–Kier alpha value is -2.38. The number of benzene rings is 1. The van der Waals surface area contributed by atoms with Crippen molar-refractivity contribution in [2.24, 2.45) is 18.9 Å². The predicted molar refractivity (Wildman–Crippen MR) is 122 cm³/mol. The maximum Gasteiger partial charge on any atom is 0.275 e. The van der Waals surface area contributed by atoms with Gasteiger partial charge in [0.2, 0.25) is 0 Å². The second-order valence-electron chi connectivity index (χ2n) is 8.46. The van der Waals surface area contributed by atoms with Gasteiger partial charge in [0.05, 0.1) is 0 Å². The van der Waals surface area contributed by atoms with Crippen LogP contribution in [0.5, 0.6) is 0 Å². The molecule has 5 rings (SSSR count). The number of anilines is 1. The Bertz CT molecular complexity index is 1120. The molecule has 6 nitrogen and oxygen atoms in total. The quantitative estimate of drug-likeness (QED) is 0.477. The molecule has 0 bridgehead atoms. The molecule has 0 radical (unpaired) electrons. The van der Waals surface area contributed by atoms with Crippen LogP contribution in [0.2, 0.25) is 0 Å². The van der Waals surface area contributed by atoms with E-state index in [1.54, 1.807) is 4.57 Å². The maximum atomic E-state index is 13.1. The average molecular weight is 422 g/mol. The molecule has 2 atom stereocenters. The summed E-state index contributed by atoms with van der Waals surface area (Å²) in [7, 11) is 1.81. The largest absolute Gasteiger partial charge is 0.367 e. The lowest BCUT2D eigenvalue weighted by molar-refractivity contribution is 0.314. The van der Waals surface area contributed by atoms with Crippen LogP contribution >= 0.6 is 11.8 Å². The van der Waals surface area contributed by atoms with E-state index in [0.717, 1.165) is 56.1 Å². The molecule has 0 amide bonds. The van der Waals surface area contributed by atoms with Crippen LogP contribution in [0.15, 0.2) is 52.5 Å². The minimum absolute atomic E-state index is 0.0332. The molecule has 0 aliphatic carbocycles. The molecular formula is C23H27N5OS. The molecule has 4 heterocycles. The number of rotatable bonds is 4. The molecular weight excluding hydrogens is 394 g/mol. The van der Waals surface area contributed by atoms with Crippen LogP contribution in [-0.2, 0) is 13.6 Å². The van der Waals surface area contributed by atoms with Crippen molar-refractivity contribution in [3.05, 3.63) is 58.5 Å². The van der Waals surface area contributed by atoms with Gasteiger partial charge < -0.3 is 4.90 Å². The van der Waals surface area contributed by atoms with Crippen molar-refractivity contribution in [1.29, 1.82) is 0 Å². The van der Waals surface area contributed by atoms with E-state index in [1.807, 2.05) is 25.6 Å². The van der Waals surface area contributed by atoms with E-state index in [0.29, 0.717) is 16.7 Å². The zero-order valence-corrected chi connectivity index (χ0v) is 18.3. The molecule has 30 heavy (non-hydrogen) atoms. The second kappa shape index (κ2) is 8.04.